The molecule has 0 radical (unpaired) electrons. The van der Waals surface area contributed by atoms with E-state index in [1.54, 1.807) is 24.3 Å². The lowest BCUT2D eigenvalue weighted by molar-refractivity contribution is 0.101. The number of benzene rings is 4. The van der Waals surface area contributed by atoms with Gasteiger partial charge in [0.1, 0.15) is 0 Å². The highest BCUT2D eigenvalue weighted by Crippen LogP contribution is 2.25. The minimum atomic E-state index is -3.94. The van der Waals surface area contributed by atoms with Crippen molar-refractivity contribution in [2.24, 2.45) is 0 Å². The molecule has 0 saturated carbocycles. The minimum absolute atomic E-state index is 0.00501. The molecule has 4 aromatic rings. The first-order valence-corrected chi connectivity index (χ1v) is 14.2. The van der Waals surface area contributed by atoms with E-state index >= 15 is 0 Å². The molecule has 0 unspecified atom stereocenters. The van der Waals surface area contributed by atoms with Gasteiger partial charge in [-0.2, -0.15) is 0 Å². The van der Waals surface area contributed by atoms with Crippen molar-refractivity contribution >= 4 is 48.7 Å². The number of Topliss-reactive ketones (excluding diaryl/α,β-unsaturated/α-hetero) is 1. The first-order chi connectivity index (χ1) is 18.0. The summed E-state index contributed by atoms with van der Waals surface area (Å²) in [6.07, 6.45) is 0. The molecule has 0 heterocycles. The molecule has 0 saturated heterocycles. The Kier molecular flexibility index (Phi) is 7.60. The van der Waals surface area contributed by atoms with E-state index in [1.165, 1.54) is 79.7 Å². The monoisotopic (exact) mass is 549 g/mol. The molecular formula is C27H23N3O6S2. The van der Waals surface area contributed by atoms with Gasteiger partial charge in [0, 0.05) is 22.6 Å². The molecule has 0 aromatic heterocycles. The number of urea groups is 1. The van der Waals surface area contributed by atoms with Gasteiger partial charge in [0.2, 0.25) is 9.84 Å². The van der Waals surface area contributed by atoms with Crippen LogP contribution in [-0.2, 0) is 19.9 Å². The molecule has 4 rings (SSSR count). The highest BCUT2D eigenvalue weighted by molar-refractivity contribution is 7.92. The number of para-hydroxylation sites is 1. The number of sulfone groups is 1. The zero-order valence-corrected chi connectivity index (χ0v) is 21.7. The lowest BCUT2D eigenvalue weighted by Gasteiger charge is -2.11. The summed E-state index contributed by atoms with van der Waals surface area (Å²) in [5.74, 6) is -0.182. The van der Waals surface area contributed by atoms with Crippen molar-refractivity contribution < 1.29 is 26.4 Å². The molecule has 9 nitrogen and oxygen atoms in total. The number of carbonyl (C=O) groups is 2. The van der Waals surface area contributed by atoms with Crippen LogP contribution in [0.25, 0.3) is 0 Å². The topological polar surface area (TPSA) is 139 Å². The summed E-state index contributed by atoms with van der Waals surface area (Å²) in [7, 11) is -7.84. The Morgan fingerprint density at radius 2 is 1.00 bits per heavy atom. The molecule has 2 amide bonds. The van der Waals surface area contributed by atoms with Gasteiger partial charge in [0.25, 0.3) is 10.0 Å². The predicted molar refractivity (Wildman–Crippen MR) is 145 cm³/mol. The Labute approximate surface area is 220 Å². The number of ketones is 1. The molecule has 0 atom stereocenters. The van der Waals surface area contributed by atoms with Gasteiger partial charge in [-0.25, -0.2) is 21.6 Å². The van der Waals surface area contributed by atoms with Gasteiger partial charge in [0.15, 0.2) is 5.78 Å². The van der Waals surface area contributed by atoms with Crippen LogP contribution in [-0.4, -0.2) is 28.6 Å². The summed E-state index contributed by atoms with van der Waals surface area (Å²) in [6.45, 7) is 1.38. The number of hydrogen-bond acceptors (Lipinski definition) is 6. The molecule has 0 spiro atoms. The van der Waals surface area contributed by atoms with Gasteiger partial charge in [-0.3, -0.25) is 9.52 Å². The van der Waals surface area contributed by atoms with Crippen LogP contribution in [0.4, 0.5) is 21.9 Å². The summed E-state index contributed by atoms with van der Waals surface area (Å²) in [5.41, 5.74) is 1.57. The molecular weight excluding hydrogens is 526 g/mol. The maximum absolute atomic E-state index is 13.0. The normalized spacial score (nSPS) is 11.4. The van der Waals surface area contributed by atoms with Crippen LogP contribution in [0.2, 0.25) is 0 Å². The summed E-state index contributed by atoms with van der Waals surface area (Å²) in [6, 6.07) is 24.8. The van der Waals surface area contributed by atoms with Gasteiger partial charge in [-0.05, 0) is 79.7 Å². The first-order valence-electron chi connectivity index (χ1n) is 11.3. The molecule has 4 aromatic carbocycles. The third-order valence-electron chi connectivity index (χ3n) is 5.44. The van der Waals surface area contributed by atoms with Gasteiger partial charge in [-0.15, -0.1) is 0 Å². The number of carbonyl (C=O) groups excluding carboxylic acids is 2. The summed E-state index contributed by atoms with van der Waals surface area (Å²) in [4.78, 5) is 23.5. The predicted octanol–water partition coefficient (Wildman–Crippen LogP) is 5.17. The second-order valence-electron chi connectivity index (χ2n) is 8.18. The van der Waals surface area contributed by atoms with Crippen molar-refractivity contribution in [2.75, 3.05) is 15.4 Å². The molecule has 0 aliphatic heterocycles. The highest BCUT2D eigenvalue weighted by Gasteiger charge is 2.19. The van der Waals surface area contributed by atoms with Crippen LogP contribution in [0, 0.1) is 0 Å². The zero-order chi connectivity index (χ0) is 27.3. The maximum atomic E-state index is 13.0. The SMILES string of the molecule is CC(=O)c1ccc(S(=O)(=O)Nc2ccc(S(=O)(=O)c3ccc(NC(=O)Nc4ccccc4)cc3)cc2)cc1. The smallest absolute Gasteiger partial charge is 0.308 e. The van der Waals surface area contributed by atoms with Crippen molar-refractivity contribution in [3.05, 3.63) is 109 Å². The van der Waals surface area contributed by atoms with Gasteiger partial charge in [-0.1, -0.05) is 30.3 Å². The quantitative estimate of drug-likeness (QED) is 0.259. The van der Waals surface area contributed by atoms with Crippen LogP contribution in [0.15, 0.2) is 118 Å². The third kappa shape index (κ3) is 6.25. The average Bonchev–Trinajstić information content (AvgIpc) is 2.89. The Morgan fingerprint density at radius 1 is 0.553 bits per heavy atom. The number of hydrogen-bond donors (Lipinski definition) is 3. The third-order valence-corrected chi connectivity index (χ3v) is 8.62. The number of anilines is 3. The van der Waals surface area contributed by atoms with E-state index in [0.29, 0.717) is 16.9 Å². The van der Waals surface area contributed by atoms with E-state index in [-0.39, 0.29) is 26.2 Å². The van der Waals surface area contributed by atoms with Crippen molar-refractivity contribution in [2.45, 2.75) is 21.6 Å². The second-order valence-corrected chi connectivity index (χ2v) is 11.8. The summed E-state index contributed by atoms with van der Waals surface area (Å²) >= 11 is 0. The molecule has 0 bridgehead atoms. The number of rotatable bonds is 8. The average molecular weight is 550 g/mol. The number of sulfonamides is 1. The minimum Gasteiger partial charge on any atom is -0.308 e. The van der Waals surface area contributed by atoms with E-state index in [1.807, 2.05) is 6.07 Å². The van der Waals surface area contributed by atoms with Crippen LogP contribution in [0.3, 0.4) is 0 Å². The zero-order valence-electron chi connectivity index (χ0n) is 20.1. The second kappa shape index (κ2) is 10.9. The molecule has 3 N–H and O–H groups in total. The lowest BCUT2D eigenvalue weighted by Crippen LogP contribution is -2.19. The molecule has 0 aliphatic carbocycles. The van der Waals surface area contributed by atoms with E-state index in [2.05, 4.69) is 15.4 Å². The van der Waals surface area contributed by atoms with Crippen LogP contribution < -0.4 is 15.4 Å². The first kappa shape index (κ1) is 26.6. The van der Waals surface area contributed by atoms with Crippen LogP contribution >= 0.6 is 0 Å². The van der Waals surface area contributed by atoms with Crippen molar-refractivity contribution in [3.8, 4) is 0 Å². The Hall–Kier alpha value is -4.48. The van der Waals surface area contributed by atoms with Gasteiger partial charge in [0.05, 0.1) is 14.7 Å². The Bertz CT molecular complexity index is 1670. The Morgan fingerprint density at radius 3 is 1.50 bits per heavy atom. The van der Waals surface area contributed by atoms with E-state index in [0.717, 1.165) is 0 Å². The molecule has 0 fully saturated rings. The van der Waals surface area contributed by atoms with Crippen molar-refractivity contribution in [1.29, 1.82) is 0 Å². The van der Waals surface area contributed by atoms with E-state index < -0.39 is 25.9 Å². The van der Waals surface area contributed by atoms with Crippen molar-refractivity contribution in [1.82, 2.24) is 0 Å². The fourth-order valence-electron chi connectivity index (χ4n) is 3.45. The standard InChI is InChI=1S/C27H23N3O6S2/c1-19(31)20-7-13-26(14-8-20)38(35,36)30-23-11-17-25(18-12-23)37(33,34)24-15-9-22(10-16-24)29-27(32)28-21-5-3-2-4-6-21/h2-18,30H,1H3,(H2,28,29,32). The van der Waals surface area contributed by atoms with E-state index in [4.69, 9.17) is 0 Å². The van der Waals surface area contributed by atoms with Gasteiger partial charge >= 0.3 is 6.03 Å². The molecule has 38 heavy (non-hydrogen) atoms. The lowest BCUT2D eigenvalue weighted by atomic mass is 10.2. The van der Waals surface area contributed by atoms with Crippen molar-refractivity contribution in [3.63, 3.8) is 0 Å². The van der Waals surface area contributed by atoms with Crippen LogP contribution in [0.1, 0.15) is 17.3 Å². The fraction of sp³-hybridized carbons (Fsp3) is 0.0370. The highest BCUT2D eigenvalue weighted by atomic mass is 32.2. The van der Waals surface area contributed by atoms with E-state index in [9.17, 15) is 26.4 Å². The maximum Gasteiger partial charge on any atom is 0.323 e. The molecule has 11 heteroatoms. The summed E-state index contributed by atoms with van der Waals surface area (Å²) < 4.78 is 53.8. The van der Waals surface area contributed by atoms with Gasteiger partial charge < -0.3 is 10.6 Å². The number of nitrogens with one attached hydrogen (secondary N) is 3. The fourth-order valence-corrected chi connectivity index (χ4v) is 5.77. The number of amides is 2. The van der Waals surface area contributed by atoms with Crippen LogP contribution in [0.5, 0.6) is 0 Å². The largest absolute Gasteiger partial charge is 0.323 e. The molecule has 0 aliphatic rings. The Balaban J connectivity index is 1.43. The molecule has 194 valence electrons. The summed E-state index contributed by atoms with van der Waals surface area (Å²) in [5, 5.41) is 5.30.